The van der Waals surface area contributed by atoms with Crippen LogP contribution in [0.4, 0.5) is 13.2 Å². The van der Waals surface area contributed by atoms with Gasteiger partial charge in [-0.15, -0.1) is 0 Å². The predicted molar refractivity (Wildman–Crippen MR) is 56.7 cm³/mol. The number of carbonyl (C=O) groups is 1. The molecule has 1 aromatic carbocycles. The van der Waals surface area contributed by atoms with Crippen molar-refractivity contribution < 1.29 is 22.7 Å². The van der Waals surface area contributed by atoms with Crippen LogP contribution < -0.4 is 10.1 Å². The zero-order valence-electron chi connectivity index (χ0n) is 9.31. The van der Waals surface area contributed by atoms with Crippen LogP contribution in [0.5, 0.6) is 5.75 Å². The molecule has 0 atom stereocenters. The summed E-state index contributed by atoms with van der Waals surface area (Å²) in [5.41, 5.74) is -0.454. The first-order chi connectivity index (χ1) is 7.52. The van der Waals surface area contributed by atoms with Crippen LogP contribution in [0.3, 0.4) is 0 Å². The van der Waals surface area contributed by atoms with E-state index in [1.807, 2.05) is 0 Å². The summed E-state index contributed by atoms with van der Waals surface area (Å²) in [6.07, 6.45) is -0.220. The smallest absolute Gasteiger partial charge is 0.254 e. The van der Waals surface area contributed by atoms with Gasteiger partial charge in [0.1, 0.15) is 0 Å². The molecule has 0 aliphatic rings. The Hall–Kier alpha value is -0.0187. The van der Waals surface area contributed by atoms with E-state index in [-0.39, 0.29) is 57.8 Å². The zero-order chi connectivity index (χ0) is 12.3. The molecule has 0 spiro atoms. The monoisotopic (exact) mass is 268 g/mol. The van der Waals surface area contributed by atoms with Crippen LogP contribution in [0.1, 0.15) is 10.4 Å². The van der Waals surface area contributed by atoms with Crippen LogP contribution in [0.25, 0.3) is 0 Å². The number of ether oxygens (including phenoxy) is 1. The van der Waals surface area contributed by atoms with Gasteiger partial charge in [-0.25, -0.2) is 8.78 Å². The number of hydrogen-bond donors (Lipinski definition) is 1. The topological polar surface area (TPSA) is 38.3 Å². The Balaban J connectivity index is 0.00000256. The van der Waals surface area contributed by atoms with Crippen LogP contribution in [-0.2, 0) is 0 Å². The first-order valence-electron chi connectivity index (χ1n) is 4.22. The van der Waals surface area contributed by atoms with E-state index in [1.54, 1.807) is 0 Å². The van der Waals surface area contributed by atoms with Crippen LogP contribution in [-0.4, -0.2) is 78.7 Å². The predicted octanol–water partition coefficient (Wildman–Crippen LogP) is 0.587. The number of nitrogens with one attached hydrogen (secondary N) is 1. The van der Waals surface area contributed by atoms with Crippen LogP contribution in [0, 0.1) is 17.5 Å². The Kier molecular flexibility index (Phi) is 7.42. The molecule has 0 aliphatic carbocycles. The average Bonchev–Trinajstić information content (AvgIpc) is 2.26. The Labute approximate surface area is 140 Å². The Morgan fingerprint density at radius 3 is 2.47 bits per heavy atom. The van der Waals surface area contributed by atoms with Gasteiger partial charge >= 0.3 is 0 Å². The first kappa shape index (κ1) is 17.0. The van der Waals surface area contributed by atoms with Gasteiger partial charge in [0.15, 0.2) is 17.4 Å². The molecular formula is C9H7BF3KNO2. The van der Waals surface area contributed by atoms with E-state index in [0.717, 1.165) is 7.11 Å². The minimum atomic E-state index is -1.69. The van der Waals surface area contributed by atoms with Crippen molar-refractivity contribution in [2.45, 2.75) is 0 Å². The molecule has 0 fully saturated rings. The minimum Gasteiger partial charge on any atom is -0.493 e. The average molecular weight is 268 g/mol. The summed E-state index contributed by atoms with van der Waals surface area (Å²) in [6.45, 7) is 0. The fourth-order valence-corrected chi connectivity index (χ4v) is 1.13. The molecule has 85 valence electrons. The van der Waals surface area contributed by atoms with Crippen molar-refractivity contribution in [1.82, 2.24) is 5.32 Å². The Morgan fingerprint density at radius 1 is 1.41 bits per heavy atom. The summed E-state index contributed by atoms with van der Waals surface area (Å²) >= 11 is 0. The molecule has 0 heterocycles. The molecule has 0 unspecified atom stereocenters. The van der Waals surface area contributed by atoms with Gasteiger partial charge in [0.05, 0.1) is 20.5 Å². The van der Waals surface area contributed by atoms with Gasteiger partial charge < -0.3 is 10.1 Å². The summed E-state index contributed by atoms with van der Waals surface area (Å²) in [4.78, 5) is 11.3. The zero-order valence-corrected chi connectivity index (χ0v) is 12.4. The molecule has 0 aliphatic heterocycles. The third-order valence-electron chi connectivity index (χ3n) is 1.83. The quantitative estimate of drug-likeness (QED) is 0.643. The summed E-state index contributed by atoms with van der Waals surface area (Å²) in [6, 6.07) is 0.544. The molecule has 17 heavy (non-hydrogen) atoms. The summed E-state index contributed by atoms with van der Waals surface area (Å²) < 4.78 is 43.4. The number of hydrogen-bond acceptors (Lipinski definition) is 2. The normalized spacial score (nSPS) is 9.41. The van der Waals surface area contributed by atoms with Crippen LogP contribution in [0.2, 0.25) is 0 Å². The van der Waals surface area contributed by atoms with Gasteiger partial charge in [0, 0.05) is 51.4 Å². The van der Waals surface area contributed by atoms with Gasteiger partial charge in [0.2, 0.25) is 5.82 Å². The molecule has 0 aromatic heterocycles. The van der Waals surface area contributed by atoms with E-state index < -0.39 is 34.7 Å². The second kappa shape index (κ2) is 7.42. The van der Waals surface area contributed by atoms with Gasteiger partial charge in [-0.3, -0.25) is 4.79 Å². The van der Waals surface area contributed by atoms with E-state index in [9.17, 15) is 18.0 Å². The first-order valence-corrected chi connectivity index (χ1v) is 4.22. The van der Waals surface area contributed by atoms with Crippen molar-refractivity contribution in [2.75, 3.05) is 13.6 Å². The third kappa shape index (κ3) is 3.72. The van der Waals surface area contributed by atoms with E-state index in [2.05, 4.69) is 10.1 Å². The molecule has 1 amide bonds. The van der Waals surface area contributed by atoms with Gasteiger partial charge in [-0.2, -0.15) is 4.39 Å². The fourth-order valence-electron chi connectivity index (χ4n) is 1.13. The number of benzene rings is 1. The number of carbonyl (C=O) groups excluding carboxylic acids is 1. The van der Waals surface area contributed by atoms with Gasteiger partial charge in [-0.05, 0) is 12.5 Å². The molecular weight excluding hydrogens is 261 g/mol. The molecule has 3 nitrogen and oxygen atoms in total. The van der Waals surface area contributed by atoms with E-state index in [1.165, 1.54) is 0 Å². The molecule has 0 saturated carbocycles. The molecule has 0 bridgehead atoms. The maximum Gasteiger partial charge on any atom is 0.254 e. The fraction of sp³-hybridized carbons (Fsp3) is 0.222. The van der Waals surface area contributed by atoms with Crippen molar-refractivity contribution in [2.24, 2.45) is 0 Å². The third-order valence-corrected chi connectivity index (χ3v) is 1.83. The molecule has 0 saturated heterocycles. The number of methoxy groups -OCH3 is 1. The Bertz CT molecular complexity index is 431. The number of rotatable bonds is 3. The van der Waals surface area contributed by atoms with Crippen molar-refractivity contribution in [1.29, 1.82) is 0 Å². The van der Waals surface area contributed by atoms with E-state index in [4.69, 9.17) is 7.85 Å². The summed E-state index contributed by atoms with van der Waals surface area (Å²) in [5.74, 6) is -6.23. The minimum absolute atomic E-state index is 0. The van der Waals surface area contributed by atoms with Gasteiger partial charge in [0.25, 0.3) is 5.91 Å². The number of halogens is 3. The van der Waals surface area contributed by atoms with E-state index >= 15 is 0 Å². The standard InChI is InChI=1S/C9H7BF3NO2.K/c1-16-8-4(9(15)14-3-10)2-5(11)6(12)7(8)13;/h2H,3H2,1H3,(H,14,15);. The number of amides is 1. The van der Waals surface area contributed by atoms with Crippen molar-refractivity contribution in [3.8, 4) is 5.75 Å². The van der Waals surface area contributed by atoms with Crippen LogP contribution >= 0.6 is 0 Å². The largest absolute Gasteiger partial charge is 0.493 e. The maximum atomic E-state index is 13.2. The second-order valence-corrected chi connectivity index (χ2v) is 2.78. The maximum absolute atomic E-state index is 13.2. The van der Waals surface area contributed by atoms with Crippen molar-refractivity contribution in [3.05, 3.63) is 29.1 Å². The molecule has 1 rings (SSSR count). The summed E-state index contributed by atoms with van der Waals surface area (Å²) in [5, 5.41) is 2.11. The molecule has 1 N–H and O–H groups in total. The molecule has 8 heteroatoms. The molecule has 1 aromatic rings. The molecule has 3 radical (unpaired) electrons. The Morgan fingerprint density at radius 2 is 2.00 bits per heavy atom. The second-order valence-electron chi connectivity index (χ2n) is 2.78. The van der Waals surface area contributed by atoms with Gasteiger partial charge in [-0.1, -0.05) is 0 Å². The summed E-state index contributed by atoms with van der Waals surface area (Å²) in [7, 11) is 6.07. The van der Waals surface area contributed by atoms with Crippen LogP contribution in [0.15, 0.2) is 6.07 Å². The van der Waals surface area contributed by atoms with E-state index in [0.29, 0.717) is 6.07 Å². The van der Waals surface area contributed by atoms with Crippen molar-refractivity contribution in [3.63, 3.8) is 0 Å². The SMILES string of the molecule is [B]CNC(=O)c1cc(F)c(F)c(F)c1OC.[K]. The van der Waals surface area contributed by atoms with Crippen molar-refractivity contribution >= 4 is 65.1 Å².